The Kier molecular flexibility index (Phi) is 5.29. The molecule has 5 nitrogen and oxygen atoms in total. The molecule has 0 bridgehead atoms. The maximum Gasteiger partial charge on any atom is 0.321 e. The Balaban J connectivity index is 1.75. The largest absolute Gasteiger partial charge is 0.497 e. The van der Waals surface area contributed by atoms with Crippen molar-refractivity contribution in [3.05, 3.63) is 53.6 Å². The molecule has 2 rings (SSSR count). The van der Waals surface area contributed by atoms with Crippen LogP contribution in [-0.4, -0.2) is 19.9 Å². The zero-order valence-electron chi connectivity index (χ0n) is 11.4. The molecule has 2 aromatic carbocycles. The number of hydrogen-bond donors (Lipinski definition) is 2. The fourth-order valence-electron chi connectivity index (χ4n) is 1.57. The summed E-state index contributed by atoms with van der Waals surface area (Å²) in [5.41, 5.74) is 0.666. The number of benzene rings is 2. The van der Waals surface area contributed by atoms with Crippen LogP contribution in [0.25, 0.3) is 0 Å². The molecule has 0 radical (unpaired) electrons. The van der Waals surface area contributed by atoms with Crippen LogP contribution >= 0.6 is 11.6 Å². The van der Waals surface area contributed by atoms with Gasteiger partial charge in [-0.1, -0.05) is 11.6 Å². The number of anilines is 1. The molecule has 2 amide bonds. The van der Waals surface area contributed by atoms with Gasteiger partial charge in [0, 0.05) is 10.7 Å². The summed E-state index contributed by atoms with van der Waals surface area (Å²) in [5.74, 6) is 1.36. The summed E-state index contributed by atoms with van der Waals surface area (Å²) in [4.78, 5) is 11.7. The van der Waals surface area contributed by atoms with E-state index in [9.17, 15) is 4.79 Å². The standard InChI is InChI=1S/C15H15ClN2O3/c1-20-13-8-4-12(5-9-13)18-15(19)17-10-21-14-6-2-11(16)3-7-14/h2-9H,10H2,1H3,(H2,17,18,19). The minimum Gasteiger partial charge on any atom is -0.497 e. The topological polar surface area (TPSA) is 59.6 Å². The minimum absolute atomic E-state index is 0.0591. The molecule has 0 saturated carbocycles. The Bertz CT molecular complexity index is 585. The van der Waals surface area contributed by atoms with E-state index in [0.29, 0.717) is 16.5 Å². The van der Waals surface area contributed by atoms with Gasteiger partial charge in [-0.05, 0) is 48.5 Å². The molecule has 0 unspecified atom stereocenters. The predicted molar refractivity (Wildman–Crippen MR) is 82.1 cm³/mol. The zero-order chi connectivity index (χ0) is 15.1. The number of ether oxygens (including phenoxy) is 2. The van der Waals surface area contributed by atoms with E-state index in [1.54, 1.807) is 55.6 Å². The van der Waals surface area contributed by atoms with Gasteiger partial charge in [-0.3, -0.25) is 0 Å². The molecular formula is C15H15ClN2O3. The maximum atomic E-state index is 11.7. The molecule has 0 aliphatic heterocycles. The molecule has 110 valence electrons. The molecule has 0 atom stereocenters. The van der Waals surface area contributed by atoms with Crippen LogP contribution in [0.15, 0.2) is 48.5 Å². The molecular weight excluding hydrogens is 292 g/mol. The number of hydrogen-bond acceptors (Lipinski definition) is 3. The van der Waals surface area contributed by atoms with Crippen molar-refractivity contribution in [2.45, 2.75) is 0 Å². The van der Waals surface area contributed by atoms with Crippen molar-refractivity contribution in [3.8, 4) is 11.5 Å². The molecule has 0 heterocycles. The van der Waals surface area contributed by atoms with Crippen molar-refractivity contribution in [2.24, 2.45) is 0 Å². The lowest BCUT2D eigenvalue weighted by molar-refractivity contribution is 0.234. The van der Waals surface area contributed by atoms with E-state index in [2.05, 4.69) is 10.6 Å². The number of methoxy groups -OCH3 is 1. The summed E-state index contributed by atoms with van der Waals surface area (Å²) in [6.45, 7) is 0.0591. The van der Waals surface area contributed by atoms with Crippen molar-refractivity contribution >= 4 is 23.3 Å². The number of rotatable bonds is 5. The lowest BCUT2D eigenvalue weighted by Crippen LogP contribution is -2.31. The van der Waals surface area contributed by atoms with E-state index < -0.39 is 0 Å². The van der Waals surface area contributed by atoms with Gasteiger partial charge in [-0.2, -0.15) is 0 Å². The van der Waals surface area contributed by atoms with Gasteiger partial charge >= 0.3 is 6.03 Å². The SMILES string of the molecule is COc1ccc(NC(=O)NCOc2ccc(Cl)cc2)cc1. The van der Waals surface area contributed by atoms with Crippen molar-refractivity contribution in [3.63, 3.8) is 0 Å². The normalized spacial score (nSPS) is 9.81. The molecule has 2 N–H and O–H groups in total. The summed E-state index contributed by atoms with van der Waals surface area (Å²) in [7, 11) is 1.59. The zero-order valence-corrected chi connectivity index (χ0v) is 12.2. The molecule has 0 aliphatic rings. The van der Waals surface area contributed by atoms with Crippen LogP contribution in [0.5, 0.6) is 11.5 Å². The number of amides is 2. The lowest BCUT2D eigenvalue weighted by atomic mass is 10.3. The third kappa shape index (κ3) is 4.89. The fourth-order valence-corrected chi connectivity index (χ4v) is 1.69. The van der Waals surface area contributed by atoms with E-state index in [0.717, 1.165) is 5.75 Å². The Hall–Kier alpha value is -2.40. The molecule has 2 aromatic rings. The first-order chi connectivity index (χ1) is 10.2. The maximum absolute atomic E-state index is 11.7. The van der Waals surface area contributed by atoms with Gasteiger partial charge < -0.3 is 20.1 Å². The highest BCUT2D eigenvalue weighted by Crippen LogP contribution is 2.16. The first-order valence-corrected chi connectivity index (χ1v) is 6.62. The highest BCUT2D eigenvalue weighted by atomic mass is 35.5. The van der Waals surface area contributed by atoms with Gasteiger partial charge in [0.05, 0.1) is 7.11 Å². The third-order valence-electron chi connectivity index (χ3n) is 2.63. The van der Waals surface area contributed by atoms with Crippen LogP contribution < -0.4 is 20.1 Å². The Morgan fingerprint density at radius 3 is 2.29 bits per heavy atom. The second kappa shape index (κ2) is 7.40. The van der Waals surface area contributed by atoms with Crippen LogP contribution in [0.4, 0.5) is 10.5 Å². The van der Waals surface area contributed by atoms with Gasteiger partial charge in [-0.15, -0.1) is 0 Å². The smallest absolute Gasteiger partial charge is 0.321 e. The van der Waals surface area contributed by atoms with Crippen LogP contribution in [0.3, 0.4) is 0 Å². The second-order valence-electron chi connectivity index (χ2n) is 4.10. The van der Waals surface area contributed by atoms with Crippen LogP contribution in [0.2, 0.25) is 5.02 Å². The van der Waals surface area contributed by atoms with E-state index in [1.807, 2.05) is 0 Å². The fraction of sp³-hybridized carbons (Fsp3) is 0.133. The average Bonchev–Trinajstić information content (AvgIpc) is 2.50. The minimum atomic E-state index is -0.353. The highest BCUT2D eigenvalue weighted by Gasteiger charge is 2.01. The van der Waals surface area contributed by atoms with Crippen molar-refractivity contribution in [2.75, 3.05) is 19.2 Å². The summed E-state index contributed by atoms with van der Waals surface area (Å²) in [6, 6.07) is 13.6. The monoisotopic (exact) mass is 306 g/mol. The third-order valence-corrected chi connectivity index (χ3v) is 2.89. The average molecular weight is 307 g/mol. The Morgan fingerprint density at radius 2 is 1.67 bits per heavy atom. The van der Waals surface area contributed by atoms with Crippen molar-refractivity contribution in [1.82, 2.24) is 5.32 Å². The predicted octanol–water partition coefficient (Wildman–Crippen LogP) is 3.51. The number of carbonyl (C=O) groups excluding carboxylic acids is 1. The van der Waals surface area contributed by atoms with E-state index in [-0.39, 0.29) is 12.8 Å². The van der Waals surface area contributed by atoms with Gasteiger partial charge in [0.2, 0.25) is 0 Å². The van der Waals surface area contributed by atoms with Crippen LogP contribution in [0.1, 0.15) is 0 Å². The van der Waals surface area contributed by atoms with E-state index in [4.69, 9.17) is 21.1 Å². The summed E-state index contributed by atoms with van der Waals surface area (Å²) in [6.07, 6.45) is 0. The Morgan fingerprint density at radius 1 is 1.05 bits per heavy atom. The van der Waals surface area contributed by atoms with Gasteiger partial charge in [-0.25, -0.2) is 4.79 Å². The molecule has 0 fully saturated rings. The second-order valence-corrected chi connectivity index (χ2v) is 4.54. The van der Waals surface area contributed by atoms with E-state index in [1.165, 1.54) is 0 Å². The van der Waals surface area contributed by atoms with Crippen molar-refractivity contribution in [1.29, 1.82) is 0 Å². The lowest BCUT2D eigenvalue weighted by Gasteiger charge is -2.09. The van der Waals surface area contributed by atoms with Gasteiger partial charge in [0.15, 0.2) is 6.73 Å². The summed E-state index contributed by atoms with van der Waals surface area (Å²) >= 11 is 5.76. The molecule has 21 heavy (non-hydrogen) atoms. The molecule has 0 spiro atoms. The number of urea groups is 1. The summed E-state index contributed by atoms with van der Waals surface area (Å²) in [5, 5.41) is 5.90. The molecule has 6 heteroatoms. The highest BCUT2D eigenvalue weighted by molar-refractivity contribution is 6.30. The Labute approximate surface area is 127 Å². The summed E-state index contributed by atoms with van der Waals surface area (Å²) < 4.78 is 10.4. The van der Waals surface area contributed by atoms with Gasteiger partial charge in [0.1, 0.15) is 11.5 Å². The van der Waals surface area contributed by atoms with Crippen LogP contribution in [-0.2, 0) is 0 Å². The number of carbonyl (C=O) groups is 1. The quantitative estimate of drug-likeness (QED) is 0.831. The number of nitrogens with one attached hydrogen (secondary N) is 2. The van der Waals surface area contributed by atoms with Crippen molar-refractivity contribution < 1.29 is 14.3 Å². The van der Waals surface area contributed by atoms with Gasteiger partial charge in [0.25, 0.3) is 0 Å². The number of halogens is 1. The molecule has 0 aromatic heterocycles. The first kappa shape index (κ1) is 15.0. The first-order valence-electron chi connectivity index (χ1n) is 6.24. The molecule has 0 saturated heterocycles. The molecule has 0 aliphatic carbocycles. The van der Waals surface area contributed by atoms with Crippen LogP contribution in [0, 0.1) is 0 Å². The van der Waals surface area contributed by atoms with E-state index >= 15 is 0 Å².